The Kier molecular flexibility index (Phi) is 24.4. The fourth-order valence-corrected chi connectivity index (χ4v) is 34.7. The molecule has 12 fully saturated rings. The lowest BCUT2D eigenvalue weighted by molar-refractivity contribution is -0.0655. The van der Waals surface area contributed by atoms with Gasteiger partial charge in [-0.2, -0.15) is 0 Å². The van der Waals surface area contributed by atoms with Gasteiger partial charge in [-0.25, -0.2) is 15.0 Å². The van der Waals surface area contributed by atoms with Crippen molar-refractivity contribution in [1.29, 1.82) is 0 Å². The molecule has 16 aliphatic rings. The van der Waals surface area contributed by atoms with Crippen LogP contribution in [0.1, 0.15) is 294 Å². The van der Waals surface area contributed by atoms with E-state index in [1.807, 2.05) is 30.7 Å². The number of pyridine rings is 3. The summed E-state index contributed by atoms with van der Waals surface area (Å²) in [6.07, 6.45) is 36.7. The van der Waals surface area contributed by atoms with Gasteiger partial charge in [0.15, 0.2) is 11.2 Å². The van der Waals surface area contributed by atoms with Crippen molar-refractivity contribution in [3.05, 3.63) is 305 Å². The molecule has 5 aromatic heterocycles. The fraction of sp³-hybridized carbons (Fsp3) is 0.481. The van der Waals surface area contributed by atoms with E-state index in [4.69, 9.17) is 18.8 Å². The summed E-state index contributed by atoms with van der Waals surface area (Å²) in [5.41, 5.74) is 29.7. The van der Waals surface area contributed by atoms with E-state index in [9.17, 15) is 0 Å². The van der Waals surface area contributed by atoms with Crippen LogP contribution in [0.4, 0.5) is 57.3 Å². The van der Waals surface area contributed by atoms with Crippen molar-refractivity contribution in [3.63, 3.8) is 0 Å². The molecular weight excluding hydrogens is 1760 g/mol. The maximum absolute atomic E-state index is 6.45. The second kappa shape index (κ2) is 36.4. The first-order valence-electron chi connectivity index (χ1n) is 56.1. The van der Waals surface area contributed by atoms with Gasteiger partial charge in [0, 0.05) is 154 Å². The summed E-state index contributed by atoms with van der Waals surface area (Å²) in [7, 11) is 0. The Hall–Kier alpha value is -11.2. The molecule has 10 saturated carbocycles. The van der Waals surface area contributed by atoms with Crippen molar-refractivity contribution < 1.29 is 8.83 Å². The number of furan rings is 2. The minimum atomic E-state index is 0.112. The zero-order valence-corrected chi connectivity index (χ0v) is 90.2. The molecule has 30 rings (SSSR count). The van der Waals surface area contributed by atoms with E-state index in [2.05, 4.69) is 391 Å². The van der Waals surface area contributed by atoms with Gasteiger partial charge < -0.3 is 38.2 Å². The summed E-state index contributed by atoms with van der Waals surface area (Å²) in [5.74, 6) is 11.1. The Labute approximate surface area is 860 Å². The lowest BCUT2D eigenvalue weighted by atomic mass is 9.42. The Morgan fingerprint density at radius 1 is 0.278 bits per heavy atom. The Morgan fingerprint density at radius 3 is 1.08 bits per heavy atom. The van der Waals surface area contributed by atoms with Crippen LogP contribution in [0, 0.1) is 99.7 Å². The largest absolute Gasteiger partial charge is 0.454 e. The summed E-state index contributed by atoms with van der Waals surface area (Å²) >= 11 is 0. The molecule has 11 nitrogen and oxygen atoms in total. The van der Waals surface area contributed by atoms with Crippen molar-refractivity contribution in [2.24, 2.45) is 58.2 Å². The molecule has 6 atom stereocenters. The SMILES string of the molecule is Cc1ccc2c(oc3ccccc32)c1N1C(C)C(C)(C)CC1(C)C.Cc1ccc2c(oc3ccccc32)c1N1C(C)C2(CCCCC2)CC1(C)C.Cc1ccccc1N1c2ccccc2C2(C3CC4CC(C3)CC2C4)C1C.Cc1ccccc1N1c2ncccc2C(C)(C)C1C.Cc1ccccc1N1c2ncccc2C2(C3CC4CC(C3)CC2C4)C1C.Cc1ccccc1N1c2ncccc2C2(CCCCC2)C1C. The summed E-state index contributed by atoms with van der Waals surface area (Å²) < 4.78 is 12.8. The van der Waals surface area contributed by atoms with Gasteiger partial charge in [0.1, 0.15) is 28.6 Å². The molecule has 9 aromatic carbocycles. The molecule has 6 aliphatic heterocycles. The average molecular weight is 1920 g/mol. The first-order chi connectivity index (χ1) is 69.3. The molecule has 11 heterocycles. The van der Waals surface area contributed by atoms with E-state index in [0.717, 1.165) is 75.5 Å². The van der Waals surface area contributed by atoms with E-state index < -0.39 is 0 Å². The van der Waals surface area contributed by atoms with Crippen LogP contribution in [0.15, 0.2) is 258 Å². The maximum Gasteiger partial charge on any atom is 0.158 e. The van der Waals surface area contributed by atoms with Crippen LogP contribution in [0.5, 0.6) is 0 Å². The van der Waals surface area contributed by atoms with Crippen molar-refractivity contribution >= 4 is 101 Å². The molecule has 11 heteroatoms. The number of fused-ring (bicyclic) bond motifs is 11. The zero-order chi connectivity index (χ0) is 99.8. The molecule has 0 radical (unpaired) electrons. The number of para-hydroxylation sites is 7. The van der Waals surface area contributed by atoms with E-state index >= 15 is 0 Å². The molecule has 144 heavy (non-hydrogen) atoms. The molecule has 0 N–H and O–H groups in total. The van der Waals surface area contributed by atoms with Crippen molar-refractivity contribution in [2.45, 2.75) is 349 Å². The van der Waals surface area contributed by atoms with Crippen LogP contribution in [0.2, 0.25) is 0 Å². The van der Waals surface area contributed by atoms with Crippen LogP contribution >= 0.6 is 0 Å². The number of nitrogens with zero attached hydrogens (tertiary/aromatic N) is 9. The van der Waals surface area contributed by atoms with Crippen LogP contribution in [0.3, 0.4) is 0 Å². The molecular formula is C133H159N9O2. The zero-order valence-electron chi connectivity index (χ0n) is 90.2. The van der Waals surface area contributed by atoms with Gasteiger partial charge in [0.25, 0.3) is 0 Å². The first kappa shape index (κ1) is 96.3. The van der Waals surface area contributed by atoms with E-state index in [1.165, 1.54) is 259 Å². The van der Waals surface area contributed by atoms with Gasteiger partial charge in [0.05, 0.1) is 11.4 Å². The van der Waals surface area contributed by atoms with Gasteiger partial charge in [-0.15, -0.1) is 0 Å². The second-order valence-corrected chi connectivity index (χ2v) is 50.3. The molecule has 8 bridgehead atoms. The third kappa shape index (κ3) is 15.2. The van der Waals surface area contributed by atoms with Crippen LogP contribution in [-0.4, -0.2) is 62.3 Å². The summed E-state index contributed by atoms with van der Waals surface area (Å²) in [6, 6.07) is 86.5. The third-order valence-corrected chi connectivity index (χ3v) is 40.9. The quantitative estimate of drug-likeness (QED) is 0.160. The van der Waals surface area contributed by atoms with Crippen LogP contribution < -0.4 is 29.4 Å². The lowest BCUT2D eigenvalue weighted by Gasteiger charge is -2.62. The molecule has 14 aromatic rings. The highest BCUT2D eigenvalue weighted by Crippen LogP contribution is 2.72. The van der Waals surface area contributed by atoms with Crippen LogP contribution in [0.25, 0.3) is 43.9 Å². The Balaban J connectivity index is 0.0000000960. The monoisotopic (exact) mass is 1910 g/mol. The highest BCUT2D eigenvalue weighted by molar-refractivity contribution is 6.11. The van der Waals surface area contributed by atoms with Gasteiger partial charge in [0.2, 0.25) is 0 Å². The first-order valence-corrected chi connectivity index (χ1v) is 56.1. The van der Waals surface area contributed by atoms with Gasteiger partial charge in [-0.3, -0.25) is 0 Å². The number of anilines is 10. The lowest BCUT2D eigenvalue weighted by Crippen LogP contribution is -2.60. The third-order valence-electron chi connectivity index (χ3n) is 40.9. The number of aryl methyl sites for hydroxylation is 6. The number of hydrogen-bond donors (Lipinski definition) is 0. The predicted octanol–water partition coefficient (Wildman–Crippen LogP) is 34.7. The topological polar surface area (TPSA) is 84.4 Å². The number of rotatable bonds is 6. The van der Waals surface area contributed by atoms with Crippen molar-refractivity contribution in [2.75, 3.05) is 29.4 Å². The number of hydrogen-bond acceptors (Lipinski definition) is 11. The number of aromatic nitrogens is 3. The number of benzene rings is 9. The standard InChI is InChI=1S/C25H31NO.C25H29N.C24H28N2.C22H27NO.C20H24N2.C17H20N2/c1-17-12-13-20-19-10-6-7-11-21(19)27-23(20)22(17)26-18(2)25(16-24(26,3)4)14-8-5-9-15-25;1-16-7-3-5-9-23(16)26-17(2)25(22-8-4-6-10-24(22)26)20-12-18-11-19(14-20)15-21(25)13-18;1-15-6-3-4-8-22(15)26-16(2)24(21-7-5-9-25-23(21)26)19-11-17-10-18(13-19)14-20(24)12-17;1-14-11-12-17-16-9-7-8-10-18(16)24-20(17)19(14)23-15(2)21(3,4)13-22(23,5)6;1-15-9-4-5-11-18(15)22-16(2)20(12-6-3-7-13-20)17-10-8-14-21-19(17)22;1-12-8-5-6-10-15(12)19-13(2)17(3,4)14-9-7-11-18-16(14)19/h6-7,10-13,18H,5,8-9,14-16H2,1-4H3;3-10,17-21H,11-15H2,1-2H3;3-9,16-20H,10-14H2,1-2H3;7-12,15H,13H2,1-6H3;4-5,8-11,14,16H,3,6-7,12-13H2,1-2H3;5-11,13H,1-4H3. The molecule has 748 valence electrons. The Bertz CT molecular complexity index is 6950. The molecule has 10 aliphatic carbocycles. The highest BCUT2D eigenvalue weighted by Gasteiger charge is 2.67. The minimum absolute atomic E-state index is 0.112. The van der Waals surface area contributed by atoms with Gasteiger partial charge in [-0.05, 0) is 371 Å². The highest BCUT2D eigenvalue weighted by atomic mass is 16.3. The second-order valence-electron chi connectivity index (χ2n) is 50.3. The van der Waals surface area contributed by atoms with Crippen molar-refractivity contribution in [3.8, 4) is 0 Å². The van der Waals surface area contributed by atoms with E-state index in [0.29, 0.717) is 57.9 Å². The minimum Gasteiger partial charge on any atom is -0.454 e. The fourth-order valence-electron chi connectivity index (χ4n) is 34.7. The summed E-state index contributed by atoms with van der Waals surface area (Å²) in [6.45, 7) is 46.8. The predicted molar refractivity (Wildman–Crippen MR) is 603 cm³/mol. The average Bonchev–Trinajstić information content (AvgIpc) is 1.53. The maximum atomic E-state index is 6.45. The molecule has 0 amide bonds. The summed E-state index contributed by atoms with van der Waals surface area (Å²) in [5, 5.41) is 4.90. The van der Waals surface area contributed by atoms with Crippen molar-refractivity contribution in [1.82, 2.24) is 15.0 Å². The van der Waals surface area contributed by atoms with E-state index in [-0.39, 0.29) is 21.9 Å². The molecule has 6 unspecified atom stereocenters. The van der Waals surface area contributed by atoms with Gasteiger partial charge in [-0.1, -0.05) is 236 Å². The normalized spacial score (nSPS) is 28.8. The smallest absolute Gasteiger partial charge is 0.158 e. The van der Waals surface area contributed by atoms with Gasteiger partial charge >= 0.3 is 0 Å². The summed E-state index contributed by atoms with van der Waals surface area (Å²) in [4.78, 5) is 29.8. The van der Waals surface area contributed by atoms with Crippen LogP contribution in [-0.2, 0) is 21.7 Å². The van der Waals surface area contributed by atoms with E-state index in [1.54, 1.807) is 11.1 Å². The molecule has 2 saturated heterocycles. The molecule has 4 spiro atoms. The Morgan fingerprint density at radius 2 is 0.625 bits per heavy atom.